The molecule has 0 radical (unpaired) electrons. The first kappa shape index (κ1) is 32.1. The normalized spacial score (nSPS) is 25.9. The van der Waals surface area contributed by atoms with Crippen molar-refractivity contribution in [2.45, 2.75) is 89.0 Å². The molecule has 0 aromatic heterocycles. The summed E-state index contributed by atoms with van der Waals surface area (Å²) in [6.45, 7) is 1.54. The van der Waals surface area contributed by atoms with Gasteiger partial charge in [-0.25, -0.2) is 9.18 Å². The molecule has 0 amide bonds. The van der Waals surface area contributed by atoms with Gasteiger partial charge >= 0.3 is 5.97 Å². The van der Waals surface area contributed by atoms with Crippen LogP contribution in [0.15, 0.2) is 54.3 Å². The van der Waals surface area contributed by atoms with E-state index in [1.54, 1.807) is 18.2 Å². The van der Waals surface area contributed by atoms with Crippen LogP contribution in [-0.4, -0.2) is 57.1 Å². The van der Waals surface area contributed by atoms with E-state index in [2.05, 4.69) is 11.8 Å². The third-order valence-electron chi connectivity index (χ3n) is 7.78. The number of ether oxygens (including phenoxy) is 6. The molecule has 1 saturated carbocycles. The number of esters is 1. The molecular weight excluding hydrogens is 543 g/mol. The minimum absolute atomic E-state index is 0.0587. The van der Waals surface area contributed by atoms with Crippen LogP contribution in [0, 0.1) is 17.7 Å². The number of hydrogen-bond acceptors (Lipinski definition) is 8. The van der Waals surface area contributed by atoms with Crippen LogP contribution in [0.5, 0.6) is 5.75 Å². The second-order valence-corrected chi connectivity index (χ2v) is 10.9. The van der Waals surface area contributed by atoms with E-state index in [9.17, 15) is 14.0 Å². The molecule has 2 heterocycles. The largest absolute Gasteiger partial charge is 0.493 e. The smallest absolute Gasteiger partial charge is 0.367 e. The highest BCUT2D eigenvalue weighted by atomic mass is 19.1. The Kier molecular flexibility index (Phi) is 12.8. The van der Waals surface area contributed by atoms with E-state index in [4.69, 9.17) is 28.4 Å². The Hall–Kier alpha value is -2.81. The molecule has 2 aliphatic heterocycles. The van der Waals surface area contributed by atoms with Crippen LogP contribution in [0.1, 0.15) is 70.6 Å². The first-order chi connectivity index (χ1) is 20.5. The lowest BCUT2D eigenvalue weighted by atomic mass is 9.91. The van der Waals surface area contributed by atoms with E-state index in [0.717, 1.165) is 32.1 Å². The van der Waals surface area contributed by atoms with Gasteiger partial charge in [0.15, 0.2) is 12.6 Å². The van der Waals surface area contributed by atoms with Gasteiger partial charge in [0, 0.05) is 38.0 Å². The fourth-order valence-electron chi connectivity index (χ4n) is 5.51. The minimum atomic E-state index is -1.72. The Morgan fingerprint density at radius 2 is 1.81 bits per heavy atom. The zero-order valence-corrected chi connectivity index (χ0v) is 24.5. The Balaban J connectivity index is 1.35. The van der Waals surface area contributed by atoms with Crippen LogP contribution in [0.3, 0.4) is 0 Å². The number of methoxy groups -OCH3 is 1. The standard InChI is InChI=1S/C33H43FO8/c1-37-32(36)33(41-30-16-5-9-22-39-30,42-31-17-6-10-23-40-31)20-7-2-3-15-28-25(18-19-29(28)35)12-4-8-21-38-27-14-11-13-26(34)24-27/h3-4,7,11-14,24-25,28,30-31H,5-6,8-10,15-23H2,1H3/b12-4+/t2?,25-,28+,30?,31?,33?/m0/s1. The number of allylic oxidation sites excluding steroid dienone is 1. The highest BCUT2D eigenvalue weighted by Crippen LogP contribution is 2.33. The number of ketones is 1. The maximum atomic E-state index is 13.3. The second-order valence-electron chi connectivity index (χ2n) is 10.9. The van der Waals surface area contributed by atoms with Gasteiger partial charge in [0.05, 0.1) is 13.7 Å². The van der Waals surface area contributed by atoms with Crippen molar-refractivity contribution in [3.8, 4) is 5.75 Å². The molecule has 0 N–H and O–H groups in total. The van der Waals surface area contributed by atoms with E-state index >= 15 is 0 Å². The van der Waals surface area contributed by atoms with Crippen LogP contribution in [0.2, 0.25) is 0 Å². The lowest BCUT2D eigenvalue weighted by Gasteiger charge is -2.38. The van der Waals surface area contributed by atoms with Crippen LogP contribution in [-0.2, 0) is 33.3 Å². The topological polar surface area (TPSA) is 89.5 Å². The van der Waals surface area contributed by atoms with Crippen molar-refractivity contribution in [1.82, 2.24) is 0 Å². The number of rotatable bonds is 14. The van der Waals surface area contributed by atoms with Gasteiger partial charge in [-0.05, 0) is 88.0 Å². The maximum Gasteiger partial charge on any atom is 0.367 e. The molecule has 9 heteroatoms. The van der Waals surface area contributed by atoms with E-state index in [-0.39, 0.29) is 29.9 Å². The van der Waals surface area contributed by atoms with Gasteiger partial charge in [-0.2, -0.15) is 0 Å². The lowest BCUT2D eigenvalue weighted by Crippen LogP contribution is -2.51. The molecule has 3 aliphatic rings. The van der Waals surface area contributed by atoms with Crippen molar-refractivity contribution in [3.63, 3.8) is 0 Å². The number of carbonyl (C=O) groups excluding carboxylic acids is 2. The number of halogens is 1. The van der Waals surface area contributed by atoms with E-state index < -0.39 is 24.3 Å². The summed E-state index contributed by atoms with van der Waals surface area (Å²) in [6, 6.07) is 6.07. The maximum absolute atomic E-state index is 13.3. The van der Waals surface area contributed by atoms with E-state index in [1.807, 2.05) is 12.2 Å². The zero-order chi connectivity index (χ0) is 29.6. The van der Waals surface area contributed by atoms with Crippen molar-refractivity contribution in [2.75, 3.05) is 26.9 Å². The van der Waals surface area contributed by atoms with Gasteiger partial charge in [0.2, 0.25) is 0 Å². The van der Waals surface area contributed by atoms with Crippen LogP contribution >= 0.6 is 0 Å². The van der Waals surface area contributed by atoms with Gasteiger partial charge in [-0.3, -0.25) is 4.79 Å². The van der Waals surface area contributed by atoms with E-state index in [0.29, 0.717) is 57.7 Å². The Bertz CT molecular complexity index is 1080. The fraction of sp³-hybridized carbons (Fsp3) is 0.606. The number of Topliss-reactive ketones (excluding diaryl/α,β-unsaturated/α-hetero) is 1. The molecule has 3 fully saturated rings. The minimum Gasteiger partial charge on any atom is -0.493 e. The summed E-state index contributed by atoms with van der Waals surface area (Å²) >= 11 is 0. The summed E-state index contributed by atoms with van der Waals surface area (Å²) in [7, 11) is 1.31. The van der Waals surface area contributed by atoms with Gasteiger partial charge in [0.1, 0.15) is 17.3 Å². The van der Waals surface area contributed by atoms with Gasteiger partial charge in [-0.1, -0.05) is 18.2 Å². The average molecular weight is 587 g/mol. The molecular formula is C33H43FO8. The summed E-state index contributed by atoms with van der Waals surface area (Å²) < 4.78 is 47.8. The van der Waals surface area contributed by atoms with Crippen LogP contribution < -0.4 is 4.74 Å². The van der Waals surface area contributed by atoms with Crippen molar-refractivity contribution in [3.05, 3.63) is 60.1 Å². The molecule has 8 nitrogen and oxygen atoms in total. The predicted molar refractivity (Wildman–Crippen MR) is 153 cm³/mol. The van der Waals surface area contributed by atoms with Crippen molar-refractivity contribution in [2.24, 2.45) is 11.8 Å². The first-order valence-electron chi connectivity index (χ1n) is 15.1. The van der Waals surface area contributed by atoms with Crippen LogP contribution in [0.25, 0.3) is 0 Å². The molecule has 2 unspecified atom stereocenters. The molecule has 1 aromatic rings. The van der Waals surface area contributed by atoms with Crippen molar-refractivity contribution < 1.29 is 42.4 Å². The highest BCUT2D eigenvalue weighted by molar-refractivity contribution is 5.83. The molecule has 230 valence electrons. The van der Waals surface area contributed by atoms with Gasteiger partial charge in [-0.15, -0.1) is 5.73 Å². The van der Waals surface area contributed by atoms with Gasteiger partial charge < -0.3 is 28.4 Å². The molecule has 0 spiro atoms. The average Bonchev–Trinajstić information content (AvgIpc) is 3.36. The van der Waals surface area contributed by atoms with Crippen molar-refractivity contribution >= 4 is 11.8 Å². The third-order valence-corrected chi connectivity index (χ3v) is 7.78. The summed E-state index contributed by atoms with van der Waals surface area (Å²) in [5.41, 5.74) is 3.13. The quantitative estimate of drug-likeness (QED) is 0.0838. The number of hydrogen-bond donors (Lipinski definition) is 0. The Labute approximate surface area is 247 Å². The Morgan fingerprint density at radius 3 is 2.45 bits per heavy atom. The third kappa shape index (κ3) is 9.61. The monoisotopic (exact) mass is 586 g/mol. The molecule has 2 saturated heterocycles. The lowest BCUT2D eigenvalue weighted by molar-refractivity contribution is -0.350. The molecule has 0 bridgehead atoms. The van der Waals surface area contributed by atoms with E-state index in [1.165, 1.54) is 19.2 Å². The summed E-state index contributed by atoms with van der Waals surface area (Å²) in [6.07, 6.45) is 14.1. The molecule has 4 atom stereocenters. The Morgan fingerprint density at radius 1 is 1.07 bits per heavy atom. The zero-order valence-electron chi connectivity index (χ0n) is 24.5. The highest BCUT2D eigenvalue weighted by Gasteiger charge is 2.47. The summed E-state index contributed by atoms with van der Waals surface area (Å²) in [4.78, 5) is 25.7. The summed E-state index contributed by atoms with van der Waals surface area (Å²) in [5.74, 6) is -1.96. The SMILES string of the molecule is COC(=O)C(CC=C=CC[C@H]1C(=O)CC[C@@H]1/C=C/CCOc1cccc(F)c1)(OC1CCCCO1)OC1CCCCO1. The fourth-order valence-corrected chi connectivity index (χ4v) is 5.51. The van der Waals surface area contributed by atoms with Crippen molar-refractivity contribution in [1.29, 1.82) is 0 Å². The molecule has 1 aliphatic carbocycles. The molecule has 42 heavy (non-hydrogen) atoms. The molecule has 4 rings (SSSR count). The van der Waals surface area contributed by atoms with Crippen LogP contribution in [0.4, 0.5) is 4.39 Å². The molecule has 1 aromatic carbocycles. The number of benzene rings is 1. The predicted octanol–water partition coefficient (Wildman–Crippen LogP) is 6.19. The van der Waals surface area contributed by atoms with Gasteiger partial charge in [0.25, 0.3) is 5.79 Å². The summed E-state index contributed by atoms with van der Waals surface area (Å²) in [5, 5.41) is 0. The second kappa shape index (κ2) is 16.7. The number of carbonyl (C=O) groups is 2. The first-order valence-corrected chi connectivity index (χ1v) is 15.1.